The molecule has 0 saturated carbocycles. The topological polar surface area (TPSA) is 0 Å². The molecule has 0 N–H and O–H groups in total. The van der Waals surface area contributed by atoms with Crippen LogP contribution < -0.4 is 0 Å². The van der Waals surface area contributed by atoms with E-state index in [1.54, 1.807) is 0 Å². The van der Waals surface area contributed by atoms with Crippen molar-refractivity contribution in [3.63, 3.8) is 0 Å². The van der Waals surface area contributed by atoms with Crippen molar-refractivity contribution in [3.05, 3.63) is 59.7 Å². The highest BCUT2D eigenvalue weighted by Gasteiger charge is 2.00. The van der Waals surface area contributed by atoms with Gasteiger partial charge in [-0.15, -0.1) is 23.2 Å². The molecule has 0 radical (unpaired) electrons. The van der Waals surface area contributed by atoms with Gasteiger partial charge in [-0.1, -0.05) is 36.4 Å². The number of rotatable bonds is 3. The van der Waals surface area contributed by atoms with E-state index < -0.39 is 0 Å². The summed E-state index contributed by atoms with van der Waals surface area (Å²) in [6.45, 7) is 0. The minimum absolute atomic E-state index is 0.545. The van der Waals surface area contributed by atoms with E-state index in [1.807, 2.05) is 24.3 Å². The summed E-state index contributed by atoms with van der Waals surface area (Å²) < 4.78 is 0. The van der Waals surface area contributed by atoms with E-state index in [9.17, 15) is 0 Å². The van der Waals surface area contributed by atoms with E-state index in [1.165, 1.54) is 11.1 Å². The first-order valence-corrected chi connectivity index (χ1v) is 6.20. The lowest BCUT2D eigenvalue weighted by Gasteiger charge is -2.05. The third-order valence-electron chi connectivity index (χ3n) is 2.50. The highest BCUT2D eigenvalue weighted by Crippen LogP contribution is 2.22. The number of hydrogen-bond donors (Lipinski definition) is 0. The summed E-state index contributed by atoms with van der Waals surface area (Å²) in [5, 5.41) is 0. The third kappa shape index (κ3) is 2.58. The van der Waals surface area contributed by atoms with Gasteiger partial charge in [0.05, 0.1) is 0 Å². The molecule has 0 unspecified atom stereocenters. The average Bonchev–Trinajstić information content (AvgIpc) is 2.39. The molecule has 0 heterocycles. The first-order chi connectivity index (χ1) is 7.83. The SMILES string of the molecule is ClCc1cccc(-c2cccc(CCl)c2)c1. The summed E-state index contributed by atoms with van der Waals surface area (Å²) in [5.41, 5.74) is 4.64. The van der Waals surface area contributed by atoms with Crippen molar-refractivity contribution in [2.24, 2.45) is 0 Å². The van der Waals surface area contributed by atoms with Crippen molar-refractivity contribution in [3.8, 4) is 11.1 Å². The van der Waals surface area contributed by atoms with Crippen LogP contribution in [0.2, 0.25) is 0 Å². The van der Waals surface area contributed by atoms with Crippen molar-refractivity contribution in [2.75, 3.05) is 0 Å². The maximum atomic E-state index is 5.82. The zero-order chi connectivity index (χ0) is 11.4. The van der Waals surface area contributed by atoms with Crippen LogP contribution in [0.5, 0.6) is 0 Å². The first kappa shape index (κ1) is 11.5. The van der Waals surface area contributed by atoms with Gasteiger partial charge in [0.1, 0.15) is 0 Å². The van der Waals surface area contributed by atoms with Crippen LogP contribution in [0.25, 0.3) is 11.1 Å². The highest BCUT2D eigenvalue weighted by atomic mass is 35.5. The van der Waals surface area contributed by atoms with Gasteiger partial charge >= 0.3 is 0 Å². The summed E-state index contributed by atoms with van der Waals surface area (Å²) in [7, 11) is 0. The van der Waals surface area contributed by atoms with Crippen LogP contribution in [0.1, 0.15) is 11.1 Å². The molecular formula is C14H12Cl2. The van der Waals surface area contributed by atoms with E-state index in [0.29, 0.717) is 11.8 Å². The maximum Gasteiger partial charge on any atom is 0.0474 e. The van der Waals surface area contributed by atoms with Gasteiger partial charge in [-0.2, -0.15) is 0 Å². The molecule has 2 aromatic rings. The quantitative estimate of drug-likeness (QED) is 0.685. The van der Waals surface area contributed by atoms with E-state index in [-0.39, 0.29) is 0 Å². The van der Waals surface area contributed by atoms with Crippen molar-refractivity contribution in [2.45, 2.75) is 11.8 Å². The molecule has 0 aromatic heterocycles. The normalized spacial score (nSPS) is 10.4. The molecule has 0 aliphatic carbocycles. The number of benzene rings is 2. The lowest BCUT2D eigenvalue weighted by molar-refractivity contribution is 1.38. The fourth-order valence-electron chi connectivity index (χ4n) is 1.67. The standard InChI is InChI=1S/C14H12Cl2/c15-9-11-3-1-5-13(7-11)14-6-2-4-12(8-14)10-16/h1-8H,9-10H2. The molecule has 0 bridgehead atoms. The zero-order valence-corrected chi connectivity index (χ0v) is 10.3. The van der Waals surface area contributed by atoms with Gasteiger partial charge in [0.2, 0.25) is 0 Å². The predicted molar refractivity (Wildman–Crippen MR) is 71.0 cm³/mol. The van der Waals surface area contributed by atoms with Crippen LogP contribution in [0, 0.1) is 0 Å². The fraction of sp³-hybridized carbons (Fsp3) is 0.143. The molecular weight excluding hydrogens is 239 g/mol. The Kier molecular flexibility index (Phi) is 3.87. The Morgan fingerprint density at radius 3 is 1.50 bits per heavy atom. The Bertz CT molecular complexity index is 432. The second kappa shape index (κ2) is 5.38. The van der Waals surface area contributed by atoms with Crippen LogP contribution in [0.3, 0.4) is 0 Å². The van der Waals surface area contributed by atoms with Crippen molar-refractivity contribution in [1.29, 1.82) is 0 Å². The Labute approximate surface area is 106 Å². The van der Waals surface area contributed by atoms with Crippen LogP contribution in [-0.2, 0) is 11.8 Å². The van der Waals surface area contributed by atoms with Gasteiger partial charge in [-0.25, -0.2) is 0 Å². The Balaban J connectivity index is 2.41. The Morgan fingerprint density at radius 1 is 0.688 bits per heavy atom. The number of alkyl halides is 2. The van der Waals surface area contributed by atoms with Gasteiger partial charge in [-0.3, -0.25) is 0 Å². The minimum atomic E-state index is 0.545. The van der Waals surface area contributed by atoms with Gasteiger partial charge in [0, 0.05) is 11.8 Å². The molecule has 82 valence electrons. The predicted octanol–water partition coefficient (Wildman–Crippen LogP) is 4.83. The lowest BCUT2D eigenvalue weighted by atomic mass is 10.0. The van der Waals surface area contributed by atoms with Crippen molar-refractivity contribution >= 4 is 23.2 Å². The molecule has 2 aromatic carbocycles. The van der Waals surface area contributed by atoms with Crippen LogP contribution in [0.4, 0.5) is 0 Å². The second-order valence-electron chi connectivity index (χ2n) is 3.67. The Morgan fingerprint density at radius 2 is 1.12 bits per heavy atom. The smallest absolute Gasteiger partial charge is 0.0474 e. The second-order valence-corrected chi connectivity index (χ2v) is 4.20. The molecule has 0 nitrogen and oxygen atoms in total. The van der Waals surface area contributed by atoms with E-state index in [2.05, 4.69) is 24.3 Å². The molecule has 0 fully saturated rings. The molecule has 0 amide bonds. The van der Waals surface area contributed by atoms with E-state index in [0.717, 1.165) is 11.1 Å². The van der Waals surface area contributed by atoms with Gasteiger partial charge < -0.3 is 0 Å². The average molecular weight is 251 g/mol. The molecule has 2 heteroatoms. The first-order valence-electron chi connectivity index (χ1n) is 5.13. The van der Waals surface area contributed by atoms with Crippen molar-refractivity contribution in [1.82, 2.24) is 0 Å². The maximum absolute atomic E-state index is 5.82. The monoisotopic (exact) mass is 250 g/mol. The summed E-state index contributed by atoms with van der Waals surface area (Å²) in [6, 6.07) is 16.5. The van der Waals surface area contributed by atoms with E-state index in [4.69, 9.17) is 23.2 Å². The summed E-state index contributed by atoms with van der Waals surface area (Å²) in [5.74, 6) is 1.09. The molecule has 0 spiro atoms. The molecule has 2 rings (SSSR count). The molecule has 0 aliphatic heterocycles. The zero-order valence-electron chi connectivity index (χ0n) is 8.79. The van der Waals surface area contributed by atoms with E-state index >= 15 is 0 Å². The lowest BCUT2D eigenvalue weighted by Crippen LogP contribution is -1.83. The van der Waals surface area contributed by atoms with Crippen molar-refractivity contribution < 1.29 is 0 Å². The van der Waals surface area contributed by atoms with Crippen LogP contribution in [0.15, 0.2) is 48.5 Å². The fourth-order valence-corrected chi connectivity index (χ4v) is 2.00. The van der Waals surface area contributed by atoms with Crippen LogP contribution >= 0.6 is 23.2 Å². The van der Waals surface area contributed by atoms with Gasteiger partial charge in [-0.05, 0) is 34.4 Å². The van der Waals surface area contributed by atoms with Crippen LogP contribution in [-0.4, -0.2) is 0 Å². The summed E-state index contributed by atoms with van der Waals surface area (Å²) >= 11 is 11.6. The largest absolute Gasteiger partial charge is 0.122 e. The third-order valence-corrected chi connectivity index (χ3v) is 3.11. The summed E-state index contributed by atoms with van der Waals surface area (Å²) in [6.07, 6.45) is 0. The molecule has 0 aliphatic rings. The molecule has 0 saturated heterocycles. The van der Waals surface area contributed by atoms with Gasteiger partial charge in [0.15, 0.2) is 0 Å². The molecule has 16 heavy (non-hydrogen) atoms. The number of hydrogen-bond acceptors (Lipinski definition) is 0. The number of halogens is 2. The summed E-state index contributed by atoms with van der Waals surface area (Å²) in [4.78, 5) is 0. The Hall–Kier alpha value is -0.980. The highest BCUT2D eigenvalue weighted by molar-refractivity contribution is 6.17. The molecule has 0 atom stereocenters. The minimum Gasteiger partial charge on any atom is -0.122 e. The van der Waals surface area contributed by atoms with Gasteiger partial charge in [0.25, 0.3) is 0 Å².